The first kappa shape index (κ1) is 12.5. The van der Waals surface area contributed by atoms with Crippen molar-refractivity contribution in [3.8, 4) is 0 Å². The third kappa shape index (κ3) is 5.32. The average molecular weight is 231 g/mol. The van der Waals surface area contributed by atoms with E-state index in [0.29, 0.717) is 6.04 Å². The SMILES string of the molecule is C=CCCC(C)NCC1CSCCS1. The summed E-state index contributed by atoms with van der Waals surface area (Å²) >= 11 is 4.22. The topological polar surface area (TPSA) is 12.0 Å². The summed E-state index contributed by atoms with van der Waals surface area (Å²) in [5.41, 5.74) is 0. The molecule has 1 saturated heterocycles. The quantitative estimate of drug-likeness (QED) is 0.706. The molecule has 0 aromatic rings. The summed E-state index contributed by atoms with van der Waals surface area (Å²) in [6.07, 6.45) is 4.35. The van der Waals surface area contributed by atoms with Crippen LogP contribution in [0.1, 0.15) is 19.8 Å². The predicted molar refractivity (Wildman–Crippen MR) is 70.5 cm³/mol. The van der Waals surface area contributed by atoms with Crippen LogP contribution in [0, 0.1) is 0 Å². The van der Waals surface area contributed by atoms with E-state index < -0.39 is 0 Å². The molecule has 0 spiro atoms. The minimum absolute atomic E-state index is 0.639. The molecule has 1 nitrogen and oxygen atoms in total. The lowest BCUT2D eigenvalue weighted by molar-refractivity contribution is 0.522. The molecule has 0 radical (unpaired) electrons. The summed E-state index contributed by atoms with van der Waals surface area (Å²) < 4.78 is 0. The Balaban J connectivity index is 2.03. The largest absolute Gasteiger partial charge is 0.313 e. The predicted octanol–water partition coefficient (Wildman–Crippen LogP) is 2.78. The van der Waals surface area contributed by atoms with Gasteiger partial charge in [0.05, 0.1) is 0 Å². The summed E-state index contributed by atoms with van der Waals surface area (Å²) in [6, 6.07) is 0.639. The molecule has 1 fully saturated rings. The molecule has 1 N–H and O–H groups in total. The zero-order valence-electron chi connectivity index (χ0n) is 9.00. The van der Waals surface area contributed by atoms with Crippen LogP contribution in [0.4, 0.5) is 0 Å². The van der Waals surface area contributed by atoms with E-state index in [0.717, 1.165) is 11.7 Å². The molecule has 2 atom stereocenters. The summed E-state index contributed by atoms with van der Waals surface area (Å²) in [4.78, 5) is 0. The summed E-state index contributed by atoms with van der Waals surface area (Å²) in [7, 11) is 0. The van der Waals surface area contributed by atoms with Crippen molar-refractivity contribution < 1.29 is 0 Å². The molecule has 14 heavy (non-hydrogen) atoms. The van der Waals surface area contributed by atoms with Crippen molar-refractivity contribution in [1.82, 2.24) is 5.32 Å². The Morgan fingerprint density at radius 1 is 1.57 bits per heavy atom. The average Bonchev–Trinajstić information content (AvgIpc) is 2.25. The van der Waals surface area contributed by atoms with Gasteiger partial charge in [0.25, 0.3) is 0 Å². The molecule has 1 heterocycles. The van der Waals surface area contributed by atoms with Gasteiger partial charge in [0, 0.05) is 35.1 Å². The first-order valence-electron chi connectivity index (χ1n) is 5.36. The molecule has 0 aromatic carbocycles. The first-order chi connectivity index (χ1) is 6.83. The second-order valence-corrected chi connectivity index (χ2v) is 6.30. The Morgan fingerprint density at radius 2 is 2.43 bits per heavy atom. The van der Waals surface area contributed by atoms with Crippen molar-refractivity contribution in [3.63, 3.8) is 0 Å². The highest BCUT2D eigenvalue weighted by Crippen LogP contribution is 2.23. The van der Waals surface area contributed by atoms with Crippen LogP contribution in [-0.4, -0.2) is 35.1 Å². The third-order valence-electron chi connectivity index (χ3n) is 2.38. The van der Waals surface area contributed by atoms with Gasteiger partial charge in [-0.2, -0.15) is 23.5 Å². The molecule has 1 rings (SSSR count). The highest BCUT2D eigenvalue weighted by molar-refractivity contribution is 8.06. The Labute approximate surface area is 96.5 Å². The number of nitrogens with one attached hydrogen (secondary N) is 1. The lowest BCUT2D eigenvalue weighted by Crippen LogP contribution is -2.34. The Kier molecular flexibility index (Phi) is 6.82. The van der Waals surface area contributed by atoms with E-state index in [2.05, 4.69) is 42.3 Å². The lowest BCUT2D eigenvalue weighted by Gasteiger charge is -2.23. The van der Waals surface area contributed by atoms with E-state index in [4.69, 9.17) is 0 Å². The van der Waals surface area contributed by atoms with Gasteiger partial charge in [0.1, 0.15) is 0 Å². The van der Waals surface area contributed by atoms with E-state index >= 15 is 0 Å². The molecule has 0 amide bonds. The molecule has 1 aliphatic heterocycles. The van der Waals surface area contributed by atoms with Crippen molar-refractivity contribution in [2.45, 2.75) is 31.1 Å². The third-order valence-corrected chi connectivity index (χ3v) is 5.23. The van der Waals surface area contributed by atoms with Crippen molar-refractivity contribution >= 4 is 23.5 Å². The zero-order chi connectivity index (χ0) is 10.2. The lowest BCUT2D eigenvalue weighted by atomic mass is 10.2. The fourth-order valence-corrected chi connectivity index (χ4v) is 4.08. The van der Waals surface area contributed by atoms with E-state index in [9.17, 15) is 0 Å². The zero-order valence-corrected chi connectivity index (χ0v) is 10.6. The van der Waals surface area contributed by atoms with Gasteiger partial charge in [0.15, 0.2) is 0 Å². The fraction of sp³-hybridized carbons (Fsp3) is 0.818. The Hall–Kier alpha value is 0.400. The van der Waals surface area contributed by atoms with Gasteiger partial charge < -0.3 is 5.32 Å². The summed E-state index contributed by atoms with van der Waals surface area (Å²) in [5, 5.41) is 4.44. The molecular formula is C11H21NS2. The molecule has 3 heteroatoms. The highest BCUT2D eigenvalue weighted by atomic mass is 32.2. The fourth-order valence-electron chi connectivity index (χ4n) is 1.46. The molecule has 0 bridgehead atoms. The molecule has 0 aliphatic carbocycles. The van der Waals surface area contributed by atoms with Gasteiger partial charge in [-0.25, -0.2) is 0 Å². The van der Waals surface area contributed by atoms with Crippen LogP contribution in [0.5, 0.6) is 0 Å². The molecule has 2 unspecified atom stereocenters. The number of thioether (sulfide) groups is 2. The number of hydrogen-bond acceptors (Lipinski definition) is 3. The van der Waals surface area contributed by atoms with Crippen molar-refractivity contribution in [1.29, 1.82) is 0 Å². The summed E-state index contributed by atoms with van der Waals surface area (Å²) in [5.74, 6) is 4.00. The first-order valence-corrected chi connectivity index (χ1v) is 7.57. The second-order valence-electron chi connectivity index (χ2n) is 3.74. The van der Waals surface area contributed by atoms with Crippen molar-refractivity contribution in [2.75, 3.05) is 23.8 Å². The molecule has 0 saturated carbocycles. The second kappa shape index (κ2) is 7.66. The van der Waals surface area contributed by atoms with Gasteiger partial charge in [-0.3, -0.25) is 0 Å². The van der Waals surface area contributed by atoms with Crippen molar-refractivity contribution in [2.24, 2.45) is 0 Å². The van der Waals surface area contributed by atoms with Crippen LogP contribution in [0.2, 0.25) is 0 Å². The van der Waals surface area contributed by atoms with Gasteiger partial charge in [-0.05, 0) is 19.8 Å². The van der Waals surface area contributed by atoms with Crippen LogP contribution in [0.25, 0.3) is 0 Å². The van der Waals surface area contributed by atoms with Gasteiger partial charge in [-0.15, -0.1) is 6.58 Å². The molecule has 0 aromatic heterocycles. The van der Waals surface area contributed by atoms with E-state index in [1.54, 1.807) is 0 Å². The van der Waals surface area contributed by atoms with E-state index in [1.807, 2.05) is 6.08 Å². The number of rotatable bonds is 6. The minimum atomic E-state index is 0.639. The maximum atomic E-state index is 3.75. The standard InChI is InChI=1S/C11H21NS2/c1-3-4-5-10(2)12-8-11-9-13-6-7-14-11/h3,10-12H,1,4-9H2,2H3. The Bertz CT molecular complexity index is 155. The smallest absolute Gasteiger partial charge is 0.0263 e. The van der Waals surface area contributed by atoms with Gasteiger partial charge in [-0.1, -0.05) is 6.08 Å². The van der Waals surface area contributed by atoms with E-state index in [1.165, 1.54) is 30.2 Å². The molecule has 1 aliphatic rings. The van der Waals surface area contributed by atoms with E-state index in [-0.39, 0.29) is 0 Å². The number of allylic oxidation sites excluding steroid dienone is 1. The maximum Gasteiger partial charge on any atom is 0.0263 e. The summed E-state index contributed by atoms with van der Waals surface area (Å²) in [6.45, 7) is 7.19. The van der Waals surface area contributed by atoms with Gasteiger partial charge in [0.2, 0.25) is 0 Å². The van der Waals surface area contributed by atoms with Crippen LogP contribution >= 0.6 is 23.5 Å². The monoisotopic (exact) mass is 231 g/mol. The Morgan fingerprint density at radius 3 is 3.07 bits per heavy atom. The van der Waals surface area contributed by atoms with Crippen LogP contribution in [0.3, 0.4) is 0 Å². The van der Waals surface area contributed by atoms with Crippen LogP contribution < -0.4 is 5.32 Å². The normalized spacial score (nSPS) is 24.5. The van der Waals surface area contributed by atoms with Gasteiger partial charge >= 0.3 is 0 Å². The highest BCUT2D eigenvalue weighted by Gasteiger charge is 2.14. The maximum absolute atomic E-state index is 3.75. The number of hydrogen-bond donors (Lipinski definition) is 1. The van der Waals surface area contributed by atoms with Crippen LogP contribution in [0.15, 0.2) is 12.7 Å². The van der Waals surface area contributed by atoms with Crippen LogP contribution in [-0.2, 0) is 0 Å². The molecular weight excluding hydrogens is 210 g/mol. The van der Waals surface area contributed by atoms with Crippen molar-refractivity contribution in [3.05, 3.63) is 12.7 Å². The molecule has 82 valence electrons. The minimum Gasteiger partial charge on any atom is -0.313 e.